The molecule has 0 saturated heterocycles. The van der Waals surface area contributed by atoms with E-state index in [-0.39, 0.29) is 6.04 Å². The Balaban J connectivity index is 2.24. The molecule has 0 aliphatic heterocycles. The van der Waals surface area contributed by atoms with E-state index >= 15 is 0 Å². The van der Waals surface area contributed by atoms with Gasteiger partial charge in [0.1, 0.15) is 0 Å². The topological polar surface area (TPSA) is 24.9 Å². The van der Waals surface area contributed by atoms with Gasteiger partial charge in [-0.2, -0.15) is 0 Å². The van der Waals surface area contributed by atoms with Crippen LogP contribution in [0.25, 0.3) is 0 Å². The number of benzene rings is 1. The normalized spacial score (nSPS) is 12.4. The first-order chi connectivity index (χ1) is 9.20. The van der Waals surface area contributed by atoms with Gasteiger partial charge in [0.2, 0.25) is 0 Å². The predicted molar refractivity (Wildman–Crippen MR) is 80.5 cm³/mol. The average molecular weight is 275 g/mol. The Kier molecular flexibility index (Phi) is 4.94. The standard InChI is InChI=1S/C16H19ClN2/c1-3-18-15(16-14(17)8-5-9-19-16)11-13-7-4-6-12(2)10-13/h4-10,15,18H,3,11H2,1-2H3. The van der Waals surface area contributed by atoms with E-state index in [4.69, 9.17) is 11.6 Å². The fraction of sp³-hybridized carbons (Fsp3) is 0.312. The molecule has 0 aliphatic rings. The molecule has 19 heavy (non-hydrogen) atoms. The van der Waals surface area contributed by atoms with E-state index < -0.39 is 0 Å². The maximum Gasteiger partial charge on any atom is 0.0762 e. The van der Waals surface area contributed by atoms with Crippen molar-refractivity contribution >= 4 is 11.6 Å². The molecule has 0 radical (unpaired) electrons. The lowest BCUT2D eigenvalue weighted by Crippen LogP contribution is -2.24. The summed E-state index contributed by atoms with van der Waals surface area (Å²) in [5, 5.41) is 4.18. The van der Waals surface area contributed by atoms with Crippen molar-refractivity contribution in [2.45, 2.75) is 26.3 Å². The SMILES string of the molecule is CCNC(Cc1cccc(C)c1)c1ncccc1Cl. The monoisotopic (exact) mass is 274 g/mol. The number of nitrogens with zero attached hydrogens (tertiary/aromatic N) is 1. The molecule has 1 unspecified atom stereocenters. The number of aryl methyl sites for hydroxylation is 1. The van der Waals surface area contributed by atoms with Crippen LogP contribution >= 0.6 is 11.6 Å². The lowest BCUT2D eigenvalue weighted by atomic mass is 10.0. The summed E-state index contributed by atoms with van der Waals surface area (Å²) >= 11 is 6.25. The fourth-order valence-electron chi connectivity index (χ4n) is 2.24. The Labute approximate surface area is 119 Å². The van der Waals surface area contributed by atoms with Crippen molar-refractivity contribution in [3.63, 3.8) is 0 Å². The molecule has 100 valence electrons. The van der Waals surface area contributed by atoms with Gasteiger partial charge in [-0.25, -0.2) is 0 Å². The van der Waals surface area contributed by atoms with Gasteiger partial charge in [0.05, 0.1) is 16.8 Å². The van der Waals surface area contributed by atoms with E-state index in [1.54, 1.807) is 6.20 Å². The Morgan fingerprint density at radius 1 is 1.26 bits per heavy atom. The summed E-state index contributed by atoms with van der Waals surface area (Å²) in [6.45, 7) is 5.10. The predicted octanol–water partition coefficient (Wildman–Crippen LogP) is 3.94. The lowest BCUT2D eigenvalue weighted by Gasteiger charge is -2.18. The van der Waals surface area contributed by atoms with Crippen molar-refractivity contribution in [3.8, 4) is 0 Å². The number of halogens is 1. The Bertz CT molecular complexity index is 540. The molecule has 2 nitrogen and oxygen atoms in total. The second-order valence-corrected chi connectivity index (χ2v) is 5.08. The Morgan fingerprint density at radius 2 is 2.11 bits per heavy atom. The second-order valence-electron chi connectivity index (χ2n) is 4.67. The quantitative estimate of drug-likeness (QED) is 0.893. The van der Waals surface area contributed by atoms with Crippen molar-refractivity contribution in [1.82, 2.24) is 10.3 Å². The maximum atomic E-state index is 6.25. The number of likely N-dealkylation sites (N-methyl/N-ethyl adjacent to an activating group) is 1. The third kappa shape index (κ3) is 3.79. The van der Waals surface area contributed by atoms with E-state index in [9.17, 15) is 0 Å². The summed E-state index contributed by atoms with van der Waals surface area (Å²) in [5.74, 6) is 0. The highest BCUT2D eigenvalue weighted by Crippen LogP contribution is 2.23. The van der Waals surface area contributed by atoms with Crippen LogP contribution in [0.1, 0.15) is 29.8 Å². The van der Waals surface area contributed by atoms with Gasteiger partial charge in [0.25, 0.3) is 0 Å². The van der Waals surface area contributed by atoms with Crippen molar-refractivity contribution in [2.24, 2.45) is 0 Å². The van der Waals surface area contributed by atoms with E-state index in [1.807, 2.05) is 12.1 Å². The second kappa shape index (κ2) is 6.69. The zero-order valence-corrected chi connectivity index (χ0v) is 12.1. The largest absolute Gasteiger partial charge is 0.309 e. The highest BCUT2D eigenvalue weighted by atomic mass is 35.5. The first-order valence-electron chi connectivity index (χ1n) is 6.60. The van der Waals surface area contributed by atoms with Crippen LogP contribution in [0, 0.1) is 6.92 Å². The highest BCUT2D eigenvalue weighted by molar-refractivity contribution is 6.31. The van der Waals surface area contributed by atoms with Gasteiger partial charge in [-0.05, 0) is 37.6 Å². The van der Waals surface area contributed by atoms with Crippen LogP contribution in [-0.4, -0.2) is 11.5 Å². The molecule has 2 aromatic rings. The molecular weight excluding hydrogens is 256 g/mol. The van der Waals surface area contributed by atoms with Crippen LogP contribution < -0.4 is 5.32 Å². The molecule has 0 amide bonds. The molecule has 1 atom stereocenters. The molecule has 0 aliphatic carbocycles. The van der Waals surface area contributed by atoms with E-state index in [2.05, 4.69) is 48.4 Å². The first-order valence-corrected chi connectivity index (χ1v) is 6.98. The van der Waals surface area contributed by atoms with Gasteiger partial charge < -0.3 is 5.32 Å². The summed E-state index contributed by atoms with van der Waals surface area (Å²) in [5.41, 5.74) is 3.50. The number of hydrogen-bond acceptors (Lipinski definition) is 2. The van der Waals surface area contributed by atoms with Gasteiger partial charge in [-0.15, -0.1) is 0 Å². The van der Waals surface area contributed by atoms with Gasteiger partial charge >= 0.3 is 0 Å². The Morgan fingerprint density at radius 3 is 2.79 bits per heavy atom. The molecule has 2 rings (SSSR count). The highest BCUT2D eigenvalue weighted by Gasteiger charge is 2.15. The number of hydrogen-bond donors (Lipinski definition) is 1. The van der Waals surface area contributed by atoms with Crippen LogP contribution in [0.3, 0.4) is 0 Å². The van der Waals surface area contributed by atoms with Gasteiger partial charge in [0, 0.05) is 6.20 Å². The molecule has 1 heterocycles. The molecule has 3 heteroatoms. The molecule has 0 saturated carbocycles. The van der Waals surface area contributed by atoms with Crippen molar-refractivity contribution in [3.05, 3.63) is 64.4 Å². The number of aromatic nitrogens is 1. The molecule has 0 fully saturated rings. The number of rotatable bonds is 5. The summed E-state index contributed by atoms with van der Waals surface area (Å²) in [6, 6.07) is 12.5. The zero-order chi connectivity index (χ0) is 13.7. The van der Waals surface area contributed by atoms with Crippen LogP contribution in [0.2, 0.25) is 5.02 Å². The summed E-state index contributed by atoms with van der Waals surface area (Å²) in [6.07, 6.45) is 2.69. The molecule has 1 N–H and O–H groups in total. The molecule has 0 spiro atoms. The van der Waals surface area contributed by atoms with Crippen molar-refractivity contribution in [2.75, 3.05) is 6.54 Å². The van der Waals surface area contributed by atoms with Crippen molar-refractivity contribution in [1.29, 1.82) is 0 Å². The average Bonchev–Trinajstić information content (AvgIpc) is 2.39. The summed E-state index contributed by atoms with van der Waals surface area (Å²) < 4.78 is 0. The smallest absolute Gasteiger partial charge is 0.0762 e. The fourth-order valence-corrected chi connectivity index (χ4v) is 2.49. The molecule has 1 aromatic heterocycles. The van der Waals surface area contributed by atoms with Gasteiger partial charge in [-0.3, -0.25) is 4.98 Å². The van der Waals surface area contributed by atoms with E-state index in [1.165, 1.54) is 11.1 Å². The van der Waals surface area contributed by atoms with E-state index in [0.717, 1.165) is 23.7 Å². The van der Waals surface area contributed by atoms with Gasteiger partial charge in [-0.1, -0.05) is 48.4 Å². The third-order valence-corrected chi connectivity index (χ3v) is 3.41. The minimum Gasteiger partial charge on any atom is -0.309 e. The van der Waals surface area contributed by atoms with Gasteiger partial charge in [0.15, 0.2) is 0 Å². The minimum atomic E-state index is 0.153. The maximum absolute atomic E-state index is 6.25. The first kappa shape index (κ1) is 14.0. The lowest BCUT2D eigenvalue weighted by molar-refractivity contribution is 0.537. The number of pyridine rings is 1. The number of nitrogens with one attached hydrogen (secondary N) is 1. The third-order valence-electron chi connectivity index (χ3n) is 3.09. The molecule has 0 bridgehead atoms. The Hall–Kier alpha value is -1.38. The summed E-state index contributed by atoms with van der Waals surface area (Å²) in [7, 11) is 0. The minimum absolute atomic E-state index is 0.153. The molecule has 1 aromatic carbocycles. The zero-order valence-electron chi connectivity index (χ0n) is 11.4. The summed E-state index contributed by atoms with van der Waals surface area (Å²) in [4.78, 5) is 4.42. The van der Waals surface area contributed by atoms with Crippen LogP contribution in [0.15, 0.2) is 42.6 Å². The van der Waals surface area contributed by atoms with E-state index in [0.29, 0.717) is 0 Å². The molecular formula is C16H19ClN2. The van der Waals surface area contributed by atoms with Crippen LogP contribution in [0.5, 0.6) is 0 Å². The van der Waals surface area contributed by atoms with Crippen LogP contribution in [-0.2, 0) is 6.42 Å². The van der Waals surface area contributed by atoms with Crippen molar-refractivity contribution < 1.29 is 0 Å². The van der Waals surface area contributed by atoms with Crippen LogP contribution in [0.4, 0.5) is 0 Å².